The second kappa shape index (κ2) is 8.37. The number of hydrogen-bond donors (Lipinski definition) is 3. The van der Waals surface area contributed by atoms with E-state index in [1.54, 1.807) is 56.5 Å². The zero-order chi connectivity index (χ0) is 19.2. The predicted molar refractivity (Wildman–Crippen MR) is 107 cm³/mol. The van der Waals surface area contributed by atoms with Gasteiger partial charge in [0.1, 0.15) is 11.6 Å². The highest BCUT2D eigenvalue weighted by molar-refractivity contribution is 6.30. The Hall–Kier alpha value is -3.32. The molecule has 0 saturated carbocycles. The van der Waals surface area contributed by atoms with Crippen LogP contribution in [-0.4, -0.2) is 23.1 Å². The number of urea groups is 1. The Labute approximate surface area is 161 Å². The molecule has 1 heterocycles. The van der Waals surface area contributed by atoms with Crippen molar-refractivity contribution in [2.45, 2.75) is 6.92 Å². The number of nitrogens with zero attached hydrogens (tertiary/aromatic N) is 2. The van der Waals surface area contributed by atoms with Crippen molar-refractivity contribution in [1.82, 2.24) is 9.97 Å². The van der Waals surface area contributed by atoms with Crippen molar-refractivity contribution in [2.75, 3.05) is 23.1 Å². The van der Waals surface area contributed by atoms with E-state index in [0.29, 0.717) is 33.9 Å². The van der Waals surface area contributed by atoms with E-state index >= 15 is 0 Å². The summed E-state index contributed by atoms with van der Waals surface area (Å²) in [5, 5.41) is 9.29. The fourth-order valence-corrected chi connectivity index (χ4v) is 2.45. The molecule has 0 bridgehead atoms. The quantitative estimate of drug-likeness (QED) is 0.587. The van der Waals surface area contributed by atoms with Crippen LogP contribution in [0.3, 0.4) is 0 Å². The van der Waals surface area contributed by atoms with Gasteiger partial charge in [0.15, 0.2) is 0 Å². The number of aryl methyl sites for hydroxylation is 1. The third-order valence-electron chi connectivity index (χ3n) is 3.54. The topological polar surface area (TPSA) is 88.2 Å². The second-order valence-electron chi connectivity index (χ2n) is 5.63. The summed E-state index contributed by atoms with van der Waals surface area (Å²) in [4.78, 5) is 20.5. The Morgan fingerprint density at radius 1 is 0.926 bits per heavy atom. The highest BCUT2D eigenvalue weighted by Gasteiger charge is 2.05. The second-order valence-corrected chi connectivity index (χ2v) is 6.07. The standard InChI is InChI=1S/C19H18ClN5O2/c1-12-21-17(11-18(22-12)27-2)23-14-7-9-16(10-8-14)25-19(26)24-15-5-3-13(20)4-6-15/h3-11H,1-2H3,(H,21,22,23)(H2,24,25,26). The number of carbonyl (C=O) groups excluding carboxylic acids is 1. The van der Waals surface area contributed by atoms with Gasteiger partial charge in [0.25, 0.3) is 0 Å². The molecule has 0 saturated heterocycles. The number of carbonyl (C=O) groups is 1. The zero-order valence-electron chi connectivity index (χ0n) is 14.8. The van der Waals surface area contributed by atoms with Crippen molar-refractivity contribution in [3.8, 4) is 5.88 Å². The number of nitrogens with one attached hydrogen (secondary N) is 3. The molecule has 27 heavy (non-hydrogen) atoms. The molecule has 8 heteroatoms. The van der Waals surface area contributed by atoms with Crippen LogP contribution in [0, 0.1) is 6.92 Å². The molecular weight excluding hydrogens is 366 g/mol. The van der Waals surface area contributed by atoms with Gasteiger partial charge in [0.05, 0.1) is 7.11 Å². The van der Waals surface area contributed by atoms with Crippen LogP contribution < -0.4 is 20.7 Å². The first kappa shape index (κ1) is 18.5. The monoisotopic (exact) mass is 383 g/mol. The molecule has 7 nitrogen and oxygen atoms in total. The molecule has 0 aliphatic heterocycles. The first-order chi connectivity index (χ1) is 13.0. The molecule has 3 aromatic rings. The van der Waals surface area contributed by atoms with E-state index in [0.717, 1.165) is 5.69 Å². The van der Waals surface area contributed by atoms with E-state index in [9.17, 15) is 4.79 Å². The lowest BCUT2D eigenvalue weighted by molar-refractivity contribution is 0.262. The third kappa shape index (κ3) is 5.32. The van der Waals surface area contributed by atoms with Gasteiger partial charge >= 0.3 is 6.03 Å². The summed E-state index contributed by atoms with van der Waals surface area (Å²) in [5.41, 5.74) is 2.13. The molecule has 2 aromatic carbocycles. The third-order valence-corrected chi connectivity index (χ3v) is 3.79. The van der Waals surface area contributed by atoms with E-state index in [4.69, 9.17) is 16.3 Å². The van der Waals surface area contributed by atoms with Gasteiger partial charge in [0, 0.05) is 28.2 Å². The smallest absolute Gasteiger partial charge is 0.323 e. The summed E-state index contributed by atoms with van der Waals surface area (Å²) in [6.45, 7) is 1.79. The van der Waals surface area contributed by atoms with Crippen molar-refractivity contribution >= 4 is 40.5 Å². The van der Waals surface area contributed by atoms with Gasteiger partial charge in [-0.2, -0.15) is 4.98 Å². The van der Waals surface area contributed by atoms with Crippen LogP contribution in [-0.2, 0) is 0 Å². The molecule has 0 atom stereocenters. The van der Waals surface area contributed by atoms with E-state index in [1.165, 1.54) is 0 Å². The van der Waals surface area contributed by atoms with Crippen LogP contribution in [0.2, 0.25) is 5.02 Å². The molecule has 0 unspecified atom stereocenters. The normalized spacial score (nSPS) is 10.2. The average molecular weight is 384 g/mol. The number of ether oxygens (including phenoxy) is 1. The van der Waals surface area contributed by atoms with Crippen LogP contribution >= 0.6 is 11.6 Å². The Morgan fingerprint density at radius 3 is 2.07 bits per heavy atom. The van der Waals surface area contributed by atoms with Crippen molar-refractivity contribution in [3.05, 3.63) is 65.4 Å². The first-order valence-electron chi connectivity index (χ1n) is 8.12. The lowest BCUT2D eigenvalue weighted by atomic mass is 10.2. The first-order valence-corrected chi connectivity index (χ1v) is 8.50. The maximum atomic E-state index is 12.0. The van der Waals surface area contributed by atoms with Gasteiger partial charge in [0.2, 0.25) is 5.88 Å². The van der Waals surface area contributed by atoms with Gasteiger partial charge in [-0.3, -0.25) is 0 Å². The van der Waals surface area contributed by atoms with Gasteiger partial charge in [-0.25, -0.2) is 9.78 Å². The summed E-state index contributed by atoms with van der Waals surface area (Å²) >= 11 is 5.83. The fourth-order valence-electron chi connectivity index (χ4n) is 2.32. The van der Waals surface area contributed by atoms with Crippen molar-refractivity contribution in [2.24, 2.45) is 0 Å². The molecule has 0 radical (unpaired) electrons. The predicted octanol–water partition coefficient (Wildman–Crippen LogP) is 4.83. The van der Waals surface area contributed by atoms with Gasteiger partial charge in [-0.1, -0.05) is 11.6 Å². The average Bonchev–Trinajstić information content (AvgIpc) is 2.65. The molecular formula is C19H18ClN5O2. The lowest BCUT2D eigenvalue weighted by Crippen LogP contribution is -2.19. The van der Waals surface area contributed by atoms with Crippen molar-refractivity contribution in [3.63, 3.8) is 0 Å². The fraction of sp³-hybridized carbons (Fsp3) is 0.105. The number of halogens is 1. The number of anilines is 4. The maximum absolute atomic E-state index is 12.0. The van der Waals surface area contributed by atoms with Gasteiger partial charge in [-0.15, -0.1) is 0 Å². The molecule has 3 N–H and O–H groups in total. The molecule has 0 aliphatic rings. The van der Waals surface area contributed by atoms with Crippen LogP contribution in [0.1, 0.15) is 5.82 Å². The Bertz CT molecular complexity index is 930. The SMILES string of the molecule is COc1cc(Nc2ccc(NC(=O)Nc3ccc(Cl)cc3)cc2)nc(C)n1. The number of rotatable bonds is 5. The summed E-state index contributed by atoms with van der Waals surface area (Å²) in [5.74, 6) is 1.72. The molecule has 0 aliphatic carbocycles. The van der Waals surface area contributed by atoms with E-state index in [2.05, 4.69) is 25.9 Å². The summed E-state index contributed by atoms with van der Waals surface area (Å²) < 4.78 is 5.14. The summed E-state index contributed by atoms with van der Waals surface area (Å²) in [6.07, 6.45) is 0. The number of hydrogen-bond acceptors (Lipinski definition) is 5. The van der Waals surface area contributed by atoms with Gasteiger partial charge < -0.3 is 20.7 Å². The molecule has 0 spiro atoms. The van der Waals surface area contributed by atoms with Gasteiger partial charge in [-0.05, 0) is 55.5 Å². The molecule has 0 fully saturated rings. The Kier molecular flexibility index (Phi) is 5.73. The van der Waals surface area contributed by atoms with Crippen LogP contribution in [0.15, 0.2) is 54.6 Å². The Balaban J connectivity index is 1.60. The van der Waals surface area contributed by atoms with E-state index < -0.39 is 0 Å². The number of amides is 2. The maximum Gasteiger partial charge on any atom is 0.323 e. The zero-order valence-corrected chi connectivity index (χ0v) is 15.5. The molecule has 2 amide bonds. The number of benzene rings is 2. The highest BCUT2D eigenvalue weighted by Crippen LogP contribution is 2.20. The number of methoxy groups -OCH3 is 1. The largest absolute Gasteiger partial charge is 0.481 e. The highest BCUT2D eigenvalue weighted by atomic mass is 35.5. The molecule has 1 aromatic heterocycles. The molecule has 3 rings (SSSR count). The lowest BCUT2D eigenvalue weighted by Gasteiger charge is -2.10. The summed E-state index contributed by atoms with van der Waals surface area (Å²) in [6, 6.07) is 15.5. The van der Waals surface area contributed by atoms with Crippen LogP contribution in [0.25, 0.3) is 0 Å². The summed E-state index contributed by atoms with van der Waals surface area (Å²) in [7, 11) is 1.56. The van der Waals surface area contributed by atoms with Crippen LogP contribution in [0.4, 0.5) is 27.7 Å². The minimum atomic E-state index is -0.339. The minimum absolute atomic E-state index is 0.339. The van der Waals surface area contributed by atoms with Crippen LogP contribution in [0.5, 0.6) is 5.88 Å². The minimum Gasteiger partial charge on any atom is -0.481 e. The van der Waals surface area contributed by atoms with E-state index in [1.807, 2.05) is 12.1 Å². The van der Waals surface area contributed by atoms with Crippen molar-refractivity contribution < 1.29 is 9.53 Å². The van der Waals surface area contributed by atoms with E-state index in [-0.39, 0.29) is 6.03 Å². The van der Waals surface area contributed by atoms with Crippen molar-refractivity contribution in [1.29, 1.82) is 0 Å². The Morgan fingerprint density at radius 2 is 1.48 bits per heavy atom. The molecule has 138 valence electrons. The number of aromatic nitrogens is 2.